The lowest BCUT2D eigenvalue weighted by molar-refractivity contribution is -0.384. The van der Waals surface area contributed by atoms with Crippen LogP contribution in [0.2, 0.25) is 5.02 Å². The minimum Gasteiger partial charge on any atom is -0.353 e. The van der Waals surface area contributed by atoms with Gasteiger partial charge in [-0.05, 0) is 42.7 Å². The van der Waals surface area contributed by atoms with Crippen molar-refractivity contribution in [3.05, 3.63) is 74.0 Å². The third-order valence-corrected chi connectivity index (χ3v) is 5.10. The molecule has 1 unspecified atom stereocenters. The van der Waals surface area contributed by atoms with E-state index in [4.69, 9.17) is 11.6 Å². The van der Waals surface area contributed by atoms with Crippen molar-refractivity contribution in [1.82, 2.24) is 16.0 Å². The highest BCUT2D eigenvalue weighted by atomic mass is 35.5. The van der Waals surface area contributed by atoms with E-state index in [0.717, 1.165) is 12.1 Å². The minimum atomic E-state index is -0.922. The molecule has 2 aromatic rings. The van der Waals surface area contributed by atoms with Gasteiger partial charge in [-0.1, -0.05) is 31.5 Å². The number of carbonyl (C=O) groups excluding carboxylic acids is 3. The first kappa shape index (κ1) is 25.7. The number of benzene rings is 2. The number of nitrogens with zero attached hydrogens (tertiary/aromatic N) is 1. The van der Waals surface area contributed by atoms with Crippen molar-refractivity contribution >= 4 is 35.0 Å². The molecule has 0 aliphatic heterocycles. The van der Waals surface area contributed by atoms with Gasteiger partial charge in [-0.3, -0.25) is 24.5 Å². The fraction of sp³-hybridized carbons (Fsp3) is 0.318. The molecule has 11 heteroatoms. The zero-order valence-corrected chi connectivity index (χ0v) is 19.0. The Morgan fingerprint density at radius 2 is 1.64 bits per heavy atom. The summed E-state index contributed by atoms with van der Waals surface area (Å²) in [5.41, 5.74) is 0.156. The van der Waals surface area contributed by atoms with Crippen molar-refractivity contribution in [1.29, 1.82) is 0 Å². The molecule has 0 fully saturated rings. The van der Waals surface area contributed by atoms with Crippen molar-refractivity contribution in [3.63, 3.8) is 0 Å². The molecule has 0 radical (unpaired) electrons. The van der Waals surface area contributed by atoms with Gasteiger partial charge in [-0.2, -0.15) is 0 Å². The number of rotatable bonds is 9. The molecule has 0 bridgehead atoms. The Morgan fingerprint density at radius 3 is 2.24 bits per heavy atom. The summed E-state index contributed by atoms with van der Waals surface area (Å²) < 4.78 is 13.6. The maximum atomic E-state index is 13.6. The lowest BCUT2D eigenvalue weighted by Crippen LogP contribution is -2.50. The van der Waals surface area contributed by atoms with Gasteiger partial charge in [0.05, 0.1) is 4.92 Å². The zero-order valence-electron chi connectivity index (χ0n) is 18.3. The van der Waals surface area contributed by atoms with E-state index in [1.54, 1.807) is 20.8 Å². The summed E-state index contributed by atoms with van der Waals surface area (Å²) in [6, 6.07) is 6.81. The zero-order chi connectivity index (χ0) is 24.7. The number of hydrogen-bond acceptors (Lipinski definition) is 5. The molecular weight excluding hydrogens is 455 g/mol. The molecule has 9 nitrogen and oxygen atoms in total. The van der Waals surface area contributed by atoms with Crippen LogP contribution in [0.15, 0.2) is 36.4 Å². The van der Waals surface area contributed by atoms with E-state index in [0.29, 0.717) is 5.56 Å². The van der Waals surface area contributed by atoms with E-state index in [2.05, 4.69) is 16.0 Å². The Morgan fingerprint density at radius 1 is 1.03 bits per heavy atom. The van der Waals surface area contributed by atoms with Crippen LogP contribution in [0.3, 0.4) is 0 Å². The predicted octanol–water partition coefficient (Wildman–Crippen LogP) is 3.00. The third-order valence-electron chi connectivity index (χ3n) is 4.78. The number of nitro benzene ring substituents is 1. The van der Waals surface area contributed by atoms with Crippen LogP contribution in [0.1, 0.15) is 40.1 Å². The number of aryl methyl sites for hydroxylation is 1. The minimum absolute atomic E-state index is 0.0119. The Labute approximate surface area is 194 Å². The standard InChI is InChI=1S/C22H24ClFN4O5/c1-12(2)19(27-21(30)15-6-7-16(23)18(11-15)28(32)33)22(31)26-9-8-25-20(29)14-5-4-13(3)17(24)10-14/h4-7,10-12,19H,8-9H2,1-3H3,(H,25,29)(H,26,31)(H,27,30). The molecule has 2 rings (SSSR count). The average Bonchev–Trinajstić information content (AvgIpc) is 2.76. The molecule has 0 heterocycles. The van der Waals surface area contributed by atoms with E-state index in [1.165, 1.54) is 24.3 Å². The van der Waals surface area contributed by atoms with Crippen LogP contribution < -0.4 is 16.0 Å². The van der Waals surface area contributed by atoms with Gasteiger partial charge in [0.25, 0.3) is 17.5 Å². The summed E-state index contributed by atoms with van der Waals surface area (Å²) in [5.74, 6) is -2.42. The first-order valence-electron chi connectivity index (χ1n) is 10.1. The molecule has 3 N–H and O–H groups in total. The second-order valence-corrected chi connectivity index (χ2v) is 8.04. The van der Waals surface area contributed by atoms with Gasteiger partial charge >= 0.3 is 0 Å². The fourth-order valence-electron chi connectivity index (χ4n) is 2.86. The van der Waals surface area contributed by atoms with E-state index in [1.807, 2.05) is 0 Å². The molecule has 2 aromatic carbocycles. The lowest BCUT2D eigenvalue weighted by Gasteiger charge is -2.22. The second kappa shape index (κ2) is 11.4. The molecule has 1 atom stereocenters. The smallest absolute Gasteiger partial charge is 0.288 e. The fourth-order valence-corrected chi connectivity index (χ4v) is 3.05. The summed E-state index contributed by atoms with van der Waals surface area (Å²) in [6.45, 7) is 5.20. The summed E-state index contributed by atoms with van der Waals surface area (Å²) >= 11 is 5.76. The van der Waals surface area contributed by atoms with Crippen molar-refractivity contribution < 1.29 is 23.7 Å². The van der Waals surface area contributed by atoms with Crippen molar-refractivity contribution in [2.75, 3.05) is 13.1 Å². The number of amides is 3. The summed E-state index contributed by atoms with van der Waals surface area (Å²) in [4.78, 5) is 47.5. The summed E-state index contributed by atoms with van der Waals surface area (Å²) in [6.07, 6.45) is 0. The molecular formula is C22H24ClFN4O5. The van der Waals surface area contributed by atoms with Crippen LogP contribution in [0.5, 0.6) is 0 Å². The maximum Gasteiger partial charge on any atom is 0.288 e. The number of carbonyl (C=O) groups is 3. The summed E-state index contributed by atoms with van der Waals surface area (Å²) in [7, 11) is 0. The quantitative estimate of drug-likeness (QED) is 0.290. The highest BCUT2D eigenvalue weighted by molar-refractivity contribution is 6.32. The lowest BCUT2D eigenvalue weighted by atomic mass is 10.0. The van der Waals surface area contributed by atoms with Gasteiger partial charge < -0.3 is 16.0 Å². The molecule has 0 saturated carbocycles. The number of nitrogens with one attached hydrogen (secondary N) is 3. The molecule has 3 amide bonds. The van der Waals surface area contributed by atoms with Crippen LogP contribution in [0.25, 0.3) is 0 Å². The first-order chi connectivity index (χ1) is 15.5. The Hall–Kier alpha value is -3.53. The van der Waals surface area contributed by atoms with E-state index in [9.17, 15) is 28.9 Å². The Bertz CT molecular complexity index is 1080. The highest BCUT2D eigenvalue weighted by Gasteiger charge is 2.25. The number of nitro groups is 1. The molecule has 0 saturated heterocycles. The Balaban J connectivity index is 1.92. The SMILES string of the molecule is Cc1ccc(C(=O)NCCNC(=O)C(NC(=O)c2ccc(Cl)c([N+](=O)[O-])c2)C(C)C)cc1F. The van der Waals surface area contributed by atoms with E-state index >= 15 is 0 Å². The number of hydrogen-bond donors (Lipinski definition) is 3. The third kappa shape index (κ3) is 6.98. The van der Waals surface area contributed by atoms with Crippen molar-refractivity contribution in [3.8, 4) is 0 Å². The van der Waals surface area contributed by atoms with E-state index in [-0.39, 0.29) is 35.2 Å². The highest BCUT2D eigenvalue weighted by Crippen LogP contribution is 2.25. The normalized spacial score (nSPS) is 11.6. The largest absolute Gasteiger partial charge is 0.353 e. The van der Waals surface area contributed by atoms with Gasteiger partial charge in [-0.25, -0.2) is 4.39 Å². The van der Waals surface area contributed by atoms with Crippen LogP contribution >= 0.6 is 11.6 Å². The van der Waals surface area contributed by atoms with Crippen molar-refractivity contribution in [2.45, 2.75) is 26.8 Å². The van der Waals surface area contributed by atoms with Gasteiger partial charge in [0.1, 0.15) is 16.9 Å². The molecule has 0 aromatic heterocycles. The predicted molar refractivity (Wildman–Crippen MR) is 121 cm³/mol. The van der Waals surface area contributed by atoms with Gasteiger partial charge in [0.15, 0.2) is 0 Å². The van der Waals surface area contributed by atoms with Crippen LogP contribution in [-0.4, -0.2) is 41.8 Å². The van der Waals surface area contributed by atoms with E-state index < -0.39 is 40.2 Å². The molecule has 0 aliphatic rings. The first-order valence-corrected chi connectivity index (χ1v) is 10.5. The van der Waals surface area contributed by atoms with Crippen LogP contribution in [0.4, 0.5) is 10.1 Å². The topological polar surface area (TPSA) is 130 Å². The molecule has 176 valence electrons. The van der Waals surface area contributed by atoms with Gasteiger partial charge in [-0.15, -0.1) is 0 Å². The molecule has 0 aliphatic carbocycles. The van der Waals surface area contributed by atoms with Crippen LogP contribution in [0, 0.1) is 28.8 Å². The molecule has 0 spiro atoms. The Kier molecular flexibility index (Phi) is 8.86. The maximum absolute atomic E-state index is 13.6. The van der Waals surface area contributed by atoms with Crippen molar-refractivity contribution in [2.24, 2.45) is 5.92 Å². The second-order valence-electron chi connectivity index (χ2n) is 7.63. The number of halogens is 2. The summed E-state index contributed by atoms with van der Waals surface area (Å²) in [5, 5.41) is 18.7. The van der Waals surface area contributed by atoms with Gasteiger partial charge in [0.2, 0.25) is 5.91 Å². The molecule has 33 heavy (non-hydrogen) atoms. The monoisotopic (exact) mass is 478 g/mol. The van der Waals surface area contributed by atoms with Gasteiger partial charge in [0, 0.05) is 30.3 Å². The van der Waals surface area contributed by atoms with Crippen LogP contribution in [-0.2, 0) is 4.79 Å². The average molecular weight is 479 g/mol.